The molecule has 0 fully saturated rings. The number of ketones is 1. The first-order valence-corrected chi connectivity index (χ1v) is 5.27. The smallest absolute Gasteiger partial charge is 0.165 e. The highest BCUT2D eigenvalue weighted by Crippen LogP contribution is 2.26. The van der Waals surface area contributed by atoms with E-state index in [1.165, 1.54) is 20.8 Å². The first kappa shape index (κ1) is 12.9. The molecule has 88 valence electrons. The van der Waals surface area contributed by atoms with E-state index in [9.17, 15) is 15.0 Å². The standard InChI is InChI=1S/C13H18O3/c1-12(2,15)13(3,16)9-11(14)10-7-5-4-6-8-10/h4-8,15-16H,9H2,1-3H3. The summed E-state index contributed by atoms with van der Waals surface area (Å²) in [5, 5.41) is 19.8. The van der Waals surface area contributed by atoms with Gasteiger partial charge in [-0.15, -0.1) is 0 Å². The lowest BCUT2D eigenvalue weighted by molar-refractivity contribution is -0.117. The molecule has 3 heteroatoms. The Kier molecular flexibility index (Phi) is 3.51. The van der Waals surface area contributed by atoms with Crippen LogP contribution < -0.4 is 0 Å². The molecule has 1 rings (SSSR count). The van der Waals surface area contributed by atoms with Gasteiger partial charge < -0.3 is 10.2 Å². The van der Waals surface area contributed by atoms with Gasteiger partial charge in [0, 0.05) is 12.0 Å². The molecule has 0 aliphatic heterocycles. The zero-order valence-electron chi connectivity index (χ0n) is 9.90. The summed E-state index contributed by atoms with van der Waals surface area (Å²) in [5.74, 6) is -0.173. The van der Waals surface area contributed by atoms with Crippen molar-refractivity contribution in [3.63, 3.8) is 0 Å². The third-order valence-electron chi connectivity index (χ3n) is 2.92. The van der Waals surface area contributed by atoms with Crippen molar-refractivity contribution in [2.75, 3.05) is 0 Å². The lowest BCUT2D eigenvalue weighted by Gasteiger charge is -2.35. The Morgan fingerprint density at radius 2 is 1.62 bits per heavy atom. The van der Waals surface area contributed by atoms with Crippen molar-refractivity contribution in [1.82, 2.24) is 0 Å². The zero-order valence-corrected chi connectivity index (χ0v) is 9.90. The summed E-state index contributed by atoms with van der Waals surface area (Å²) in [6, 6.07) is 8.76. The van der Waals surface area contributed by atoms with Crippen LogP contribution in [0.25, 0.3) is 0 Å². The van der Waals surface area contributed by atoms with Crippen molar-refractivity contribution in [1.29, 1.82) is 0 Å². The minimum Gasteiger partial charge on any atom is -0.387 e. The number of benzene rings is 1. The molecular weight excluding hydrogens is 204 g/mol. The number of rotatable bonds is 4. The van der Waals surface area contributed by atoms with Gasteiger partial charge in [0.25, 0.3) is 0 Å². The van der Waals surface area contributed by atoms with Crippen molar-refractivity contribution in [3.05, 3.63) is 35.9 Å². The average Bonchev–Trinajstić information content (AvgIpc) is 2.16. The van der Waals surface area contributed by atoms with Crippen LogP contribution in [0.1, 0.15) is 37.6 Å². The Hall–Kier alpha value is -1.19. The molecule has 1 aromatic carbocycles. The molecule has 1 aromatic rings. The summed E-state index contributed by atoms with van der Waals surface area (Å²) in [6.07, 6.45) is -0.0967. The first-order chi connectivity index (χ1) is 7.24. The van der Waals surface area contributed by atoms with Crippen molar-refractivity contribution in [3.8, 4) is 0 Å². The van der Waals surface area contributed by atoms with Crippen LogP contribution in [0.5, 0.6) is 0 Å². The highest BCUT2D eigenvalue weighted by atomic mass is 16.4. The molecular formula is C13H18O3. The van der Waals surface area contributed by atoms with Gasteiger partial charge in [0.15, 0.2) is 5.78 Å². The van der Waals surface area contributed by atoms with Gasteiger partial charge in [-0.25, -0.2) is 0 Å². The Morgan fingerprint density at radius 1 is 1.12 bits per heavy atom. The molecule has 16 heavy (non-hydrogen) atoms. The summed E-state index contributed by atoms with van der Waals surface area (Å²) < 4.78 is 0. The maximum absolute atomic E-state index is 11.8. The van der Waals surface area contributed by atoms with E-state index < -0.39 is 11.2 Å². The van der Waals surface area contributed by atoms with Crippen LogP contribution in [0.15, 0.2) is 30.3 Å². The average molecular weight is 222 g/mol. The van der Waals surface area contributed by atoms with Gasteiger partial charge in [0.1, 0.15) is 0 Å². The van der Waals surface area contributed by atoms with E-state index in [1.807, 2.05) is 6.07 Å². The summed E-state index contributed by atoms with van der Waals surface area (Å²) in [4.78, 5) is 11.8. The molecule has 0 amide bonds. The molecule has 0 spiro atoms. The van der Waals surface area contributed by atoms with Crippen molar-refractivity contribution in [2.24, 2.45) is 0 Å². The van der Waals surface area contributed by atoms with Gasteiger partial charge in [0.2, 0.25) is 0 Å². The van der Waals surface area contributed by atoms with Gasteiger partial charge >= 0.3 is 0 Å². The minimum absolute atomic E-state index is 0.0967. The Balaban J connectivity index is 2.80. The van der Waals surface area contributed by atoms with Gasteiger partial charge in [-0.1, -0.05) is 30.3 Å². The maximum Gasteiger partial charge on any atom is 0.165 e. The molecule has 0 aliphatic rings. The second-order valence-corrected chi connectivity index (χ2v) is 4.80. The second-order valence-electron chi connectivity index (χ2n) is 4.80. The number of hydrogen-bond donors (Lipinski definition) is 2. The fourth-order valence-electron chi connectivity index (χ4n) is 1.26. The van der Waals surface area contributed by atoms with Crippen molar-refractivity contribution >= 4 is 5.78 Å². The number of hydrogen-bond acceptors (Lipinski definition) is 3. The van der Waals surface area contributed by atoms with E-state index in [0.717, 1.165) is 0 Å². The van der Waals surface area contributed by atoms with E-state index in [0.29, 0.717) is 5.56 Å². The topological polar surface area (TPSA) is 57.5 Å². The first-order valence-electron chi connectivity index (χ1n) is 5.27. The van der Waals surface area contributed by atoms with E-state index in [1.54, 1.807) is 24.3 Å². The van der Waals surface area contributed by atoms with E-state index >= 15 is 0 Å². The van der Waals surface area contributed by atoms with Crippen molar-refractivity contribution < 1.29 is 15.0 Å². The zero-order chi connectivity index (χ0) is 12.4. The minimum atomic E-state index is -1.43. The van der Waals surface area contributed by atoms with Crippen LogP contribution in [0.4, 0.5) is 0 Å². The van der Waals surface area contributed by atoms with Gasteiger partial charge in [-0.2, -0.15) is 0 Å². The van der Waals surface area contributed by atoms with Crippen molar-refractivity contribution in [2.45, 2.75) is 38.4 Å². The summed E-state index contributed by atoms with van der Waals surface area (Å²) >= 11 is 0. The van der Waals surface area contributed by atoms with E-state index in [2.05, 4.69) is 0 Å². The SMILES string of the molecule is CC(C)(O)C(C)(O)CC(=O)c1ccccc1. The molecule has 0 bridgehead atoms. The van der Waals surface area contributed by atoms with Gasteiger partial charge in [-0.05, 0) is 20.8 Å². The summed E-state index contributed by atoms with van der Waals surface area (Å²) in [7, 11) is 0. The molecule has 0 aromatic heterocycles. The van der Waals surface area contributed by atoms with E-state index in [4.69, 9.17) is 0 Å². The maximum atomic E-state index is 11.8. The van der Waals surface area contributed by atoms with Crippen LogP contribution in [-0.2, 0) is 0 Å². The quantitative estimate of drug-likeness (QED) is 0.763. The lowest BCUT2D eigenvalue weighted by Crippen LogP contribution is -2.48. The molecule has 0 radical (unpaired) electrons. The highest BCUT2D eigenvalue weighted by molar-refractivity contribution is 5.96. The normalized spacial score (nSPS) is 15.6. The summed E-state index contributed by atoms with van der Waals surface area (Å²) in [6.45, 7) is 4.45. The van der Waals surface area contributed by atoms with Crippen LogP contribution in [-0.4, -0.2) is 27.2 Å². The molecule has 1 unspecified atom stereocenters. The molecule has 1 atom stereocenters. The fraction of sp³-hybridized carbons (Fsp3) is 0.462. The number of carbonyl (C=O) groups excluding carboxylic acids is 1. The van der Waals surface area contributed by atoms with Crippen LogP contribution in [0.2, 0.25) is 0 Å². The monoisotopic (exact) mass is 222 g/mol. The molecule has 0 aliphatic carbocycles. The molecule has 3 nitrogen and oxygen atoms in total. The predicted molar refractivity (Wildman–Crippen MR) is 62.3 cm³/mol. The Labute approximate surface area is 95.7 Å². The third kappa shape index (κ3) is 2.90. The highest BCUT2D eigenvalue weighted by Gasteiger charge is 2.39. The number of carbonyl (C=O) groups is 1. The Bertz CT molecular complexity index is 361. The van der Waals surface area contributed by atoms with Crippen LogP contribution in [0.3, 0.4) is 0 Å². The Morgan fingerprint density at radius 3 is 2.06 bits per heavy atom. The number of aliphatic hydroxyl groups is 2. The molecule has 2 N–H and O–H groups in total. The third-order valence-corrected chi connectivity index (χ3v) is 2.92. The molecule has 0 saturated heterocycles. The van der Waals surface area contributed by atoms with Gasteiger partial charge in [0.05, 0.1) is 11.2 Å². The van der Waals surface area contributed by atoms with Crippen LogP contribution in [0, 0.1) is 0 Å². The second kappa shape index (κ2) is 4.36. The summed E-state index contributed by atoms with van der Waals surface area (Å²) in [5.41, 5.74) is -2.19. The molecule has 0 saturated carbocycles. The lowest BCUT2D eigenvalue weighted by atomic mass is 9.82. The van der Waals surface area contributed by atoms with Gasteiger partial charge in [-0.3, -0.25) is 4.79 Å². The van der Waals surface area contributed by atoms with Crippen LogP contribution >= 0.6 is 0 Å². The molecule has 0 heterocycles. The predicted octanol–water partition coefficient (Wildman–Crippen LogP) is 1.78. The largest absolute Gasteiger partial charge is 0.387 e. The fourth-order valence-corrected chi connectivity index (χ4v) is 1.26. The van der Waals surface area contributed by atoms with E-state index in [-0.39, 0.29) is 12.2 Å². The number of Topliss-reactive ketones (excluding diaryl/α,β-unsaturated/α-hetero) is 1.